The molecule has 0 radical (unpaired) electrons. The highest BCUT2D eigenvalue weighted by Gasteiger charge is 2.34. The van der Waals surface area contributed by atoms with Gasteiger partial charge in [0, 0.05) is 18.7 Å². The summed E-state index contributed by atoms with van der Waals surface area (Å²) in [5.41, 5.74) is 1.19. The van der Waals surface area contributed by atoms with Crippen molar-refractivity contribution >= 4 is 15.7 Å². The predicted octanol–water partition coefficient (Wildman–Crippen LogP) is 2.90. The standard InChI is InChI=1S/C20H22FNO4S/c1-15-5-4-6-16(13-15)26-14-20(23)22-10-9-19(27(24,25)12-11-22)17-7-2-3-8-18(17)21/h2-8,13,19H,9-12,14H2,1H3. The first kappa shape index (κ1) is 19.4. The fourth-order valence-corrected chi connectivity index (χ4v) is 5.02. The first-order valence-electron chi connectivity index (χ1n) is 8.80. The molecule has 7 heteroatoms. The number of sulfone groups is 1. The molecule has 0 N–H and O–H groups in total. The van der Waals surface area contributed by atoms with E-state index in [0.29, 0.717) is 5.75 Å². The Kier molecular flexibility index (Phi) is 5.79. The number of halogens is 1. The maximum Gasteiger partial charge on any atom is 0.260 e. The van der Waals surface area contributed by atoms with Crippen LogP contribution in [0.4, 0.5) is 4.39 Å². The van der Waals surface area contributed by atoms with Gasteiger partial charge in [-0.15, -0.1) is 0 Å². The molecule has 1 atom stereocenters. The van der Waals surface area contributed by atoms with Crippen LogP contribution < -0.4 is 4.74 Å². The minimum Gasteiger partial charge on any atom is -0.484 e. The van der Waals surface area contributed by atoms with E-state index in [9.17, 15) is 17.6 Å². The van der Waals surface area contributed by atoms with Gasteiger partial charge in [0.2, 0.25) is 0 Å². The zero-order chi connectivity index (χ0) is 19.4. The molecule has 0 aliphatic carbocycles. The van der Waals surface area contributed by atoms with Crippen LogP contribution in [0, 0.1) is 12.7 Å². The van der Waals surface area contributed by atoms with Gasteiger partial charge < -0.3 is 9.64 Å². The smallest absolute Gasteiger partial charge is 0.260 e. The fourth-order valence-electron chi connectivity index (χ4n) is 3.22. The monoisotopic (exact) mass is 391 g/mol. The van der Waals surface area contributed by atoms with E-state index in [2.05, 4.69) is 0 Å². The van der Waals surface area contributed by atoms with Crippen LogP contribution in [0.25, 0.3) is 0 Å². The molecule has 0 spiro atoms. The second-order valence-corrected chi connectivity index (χ2v) is 8.95. The number of carbonyl (C=O) groups is 1. The highest BCUT2D eigenvalue weighted by atomic mass is 32.2. The van der Waals surface area contributed by atoms with Gasteiger partial charge in [0.25, 0.3) is 5.91 Å². The summed E-state index contributed by atoms with van der Waals surface area (Å²) in [6, 6.07) is 13.3. The number of rotatable bonds is 4. The van der Waals surface area contributed by atoms with Crippen LogP contribution >= 0.6 is 0 Å². The summed E-state index contributed by atoms with van der Waals surface area (Å²) < 4.78 is 44.8. The Bertz CT molecular complexity index is 929. The van der Waals surface area contributed by atoms with Crippen molar-refractivity contribution < 1.29 is 22.3 Å². The van der Waals surface area contributed by atoms with Gasteiger partial charge in [0.1, 0.15) is 11.6 Å². The lowest BCUT2D eigenvalue weighted by Gasteiger charge is -2.20. The molecule has 1 heterocycles. The van der Waals surface area contributed by atoms with Gasteiger partial charge in [-0.1, -0.05) is 30.3 Å². The maximum absolute atomic E-state index is 14.1. The highest BCUT2D eigenvalue weighted by molar-refractivity contribution is 7.91. The first-order valence-corrected chi connectivity index (χ1v) is 10.5. The van der Waals surface area contributed by atoms with Gasteiger partial charge in [-0.2, -0.15) is 0 Å². The van der Waals surface area contributed by atoms with Crippen LogP contribution in [-0.4, -0.2) is 44.7 Å². The Labute approximate surface area is 158 Å². The van der Waals surface area contributed by atoms with Crippen molar-refractivity contribution in [2.24, 2.45) is 0 Å². The third kappa shape index (κ3) is 4.66. The third-order valence-electron chi connectivity index (χ3n) is 4.70. The average Bonchev–Trinajstić information content (AvgIpc) is 2.78. The molecule has 0 saturated carbocycles. The van der Waals surface area contributed by atoms with Crippen molar-refractivity contribution in [2.45, 2.75) is 18.6 Å². The Hall–Kier alpha value is -2.41. The van der Waals surface area contributed by atoms with E-state index in [1.54, 1.807) is 12.1 Å². The molecule has 1 amide bonds. The molecule has 1 unspecified atom stereocenters. The summed E-state index contributed by atoms with van der Waals surface area (Å²) in [5, 5.41) is -0.936. The zero-order valence-electron chi connectivity index (χ0n) is 15.1. The molecule has 1 saturated heterocycles. The molecular weight excluding hydrogens is 369 g/mol. The molecule has 5 nitrogen and oxygen atoms in total. The van der Waals surface area contributed by atoms with Crippen molar-refractivity contribution in [3.63, 3.8) is 0 Å². The van der Waals surface area contributed by atoms with E-state index in [0.717, 1.165) is 5.56 Å². The Morgan fingerprint density at radius 2 is 1.96 bits per heavy atom. The Morgan fingerprint density at radius 3 is 2.70 bits per heavy atom. The molecule has 1 fully saturated rings. The van der Waals surface area contributed by atoms with Crippen LogP contribution in [-0.2, 0) is 14.6 Å². The lowest BCUT2D eigenvalue weighted by Crippen LogP contribution is -2.37. The minimum absolute atomic E-state index is 0.0866. The van der Waals surface area contributed by atoms with Crippen LogP contribution in [0.5, 0.6) is 5.75 Å². The summed E-state index contributed by atoms with van der Waals surface area (Å²) in [5.74, 6) is -0.410. The summed E-state index contributed by atoms with van der Waals surface area (Å²) in [6.07, 6.45) is 0.166. The SMILES string of the molecule is Cc1cccc(OCC(=O)N2CCC(c3ccccc3F)S(=O)(=O)CC2)c1. The molecule has 0 aromatic heterocycles. The number of benzene rings is 2. The fraction of sp³-hybridized carbons (Fsp3) is 0.350. The average molecular weight is 391 g/mol. The van der Waals surface area contributed by atoms with E-state index < -0.39 is 20.9 Å². The van der Waals surface area contributed by atoms with Gasteiger partial charge in [-0.05, 0) is 37.1 Å². The summed E-state index contributed by atoms with van der Waals surface area (Å²) in [4.78, 5) is 13.9. The topological polar surface area (TPSA) is 63.7 Å². The molecule has 1 aliphatic heterocycles. The quantitative estimate of drug-likeness (QED) is 0.804. The van der Waals surface area contributed by atoms with E-state index in [4.69, 9.17) is 4.74 Å². The summed E-state index contributed by atoms with van der Waals surface area (Å²) >= 11 is 0. The van der Waals surface area contributed by atoms with Crippen molar-refractivity contribution in [2.75, 3.05) is 25.4 Å². The van der Waals surface area contributed by atoms with Crippen molar-refractivity contribution in [1.82, 2.24) is 4.90 Å². The number of hydrogen-bond acceptors (Lipinski definition) is 4. The van der Waals surface area contributed by atoms with Crippen molar-refractivity contribution in [1.29, 1.82) is 0 Å². The van der Waals surface area contributed by atoms with E-state index >= 15 is 0 Å². The normalized spacial score (nSPS) is 19.3. The minimum atomic E-state index is -3.55. The largest absolute Gasteiger partial charge is 0.484 e. The second kappa shape index (κ2) is 8.08. The third-order valence-corrected chi connectivity index (χ3v) is 6.81. The van der Waals surface area contributed by atoms with Crippen LogP contribution in [0.15, 0.2) is 48.5 Å². The molecule has 2 aromatic rings. The maximum atomic E-state index is 14.1. The van der Waals surface area contributed by atoms with Crippen molar-refractivity contribution in [3.05, 3.63) is 65.5 Å². The van der Waals surface area contributed by atoms with Crippen molar-refractivity contribution in [3.8, 4) is 5.75 Å². The summed E-state index contributed by atoms with van der Waals surface area (Å²) in [6.45, 7) is 2.10. The summed E-state index contributed by atoms with van der Waals surface area (Å²) in [7, 11) is -3.55. The second-order valence-electron chi connectivity index (χ2n) is 6.65. The molecule has 2 aromatic carbocycles. The van der Waals surface area contributed by atoms with Gasteiger partial charge >= 0.3 is 0 Å². The molecule has 3 rings (SSSR count). The van der Waals surface area contributed by atoms with Gasteiger partial charge in [0.05, 0.1) is 11.0 Å². The van der Waals surface area contributed by atoms with Gasteiger partial charge in [-0.25, -0.2) is 12.8 Å². The zero-order valence-corrected chi connectivity index (χ0v) is 15.9. The highest BCUT2D eigenvalue weighted by Crippen LogP contribution is 2.31. The Morgan fingerprint density at radius 1 is 1.19 bits per heavy atom. The molecule has 27 heavy (non-hydrogen) atoms. The lowest BCUT2D eigenvalue weighted by atomic mass is 10.1. The van der Waals surface area contributed by atoms with E-state index in [1.165, 1.54) is 23.1 Å². The van der Waals surface area contributed by atoms with E-state index in [-0.39, 0.29) is 43.3 Å². The molecule has 144 valence electrons. The number of aryl methyl sites for hydroxylation is 1. The lowest BCUT2D eigenvalue weighted by molar-refractivity contribution is -0.133. The van der Waals surface area contributed by atoms with Crippen LogP contribution in [0.3, 0.4) is 0 Å². The first-order chi connectivity index (χ1) is 12.9. The van der Waals surface area contributed by atoms with Gasteiger partial charge in [-0.3, -0.25) is 4.79 Å². The van der Waals surface area contributed by atoms with Crippen LogP contribution in [0.2, 0.25) is 0 Å². The molecular formula is C20H22FNO4S. The van der Waals surface area contributed by atoms with Crippen LogP contribution in [0.1, 0.15) is 22.8 Å². The van der Waals surface area contributed by atoms with E-state index in [1.807, 2.05) is 25.1 Å². The number of nitrogens with zero attached hydrogens (tertiary/aromatic N) is 1. The Balaban J connectivity index is 1.68. The number of carbonyl (C=O) groups excluding carboxylic acids is 1. The number of amides is 1. The number of hydrogen-bond donors (Lipinski definition) is 0. The molecule has 1 aliphatic rings. The van der Waals surface area contributed by atoms with Gasteiger partial charge in [0.15, 0.2) is 16.4 Å². The molecule has 0 bridgehead atoms. The number of ether oxygens (including phenoxy) is 1. The predicted molar refractivity (Wildman–Crippen MR) is 101 cm³/mol.